The Morgan fingerprint density at radius 1 is 1.19 bits per heavy atom. The van der Waals surface area contributed by atoms with E-state index in [4.69, 9.17) is 5.11 Å². The van der Waals surface area contributed by atoms with Crippen molar-refractivity contribution in [1.82, 2.24) is 0 Å². The Morgan fingerprint density at radius 3 is 2.62 bits per heavy atom. The lowest BCUT2D eigenvalue weighted by Crippen LogP contribution is -2.34. The highest BCUT2D eigenvalue weighted by atomic mass is 19.2. The molecule has 1 saturated carbocycles. The number of aromatic hydroxyl groups is 1. The van der Waals surface area contributed by atoms with Crippen LogP contribution in [0.15, 0.2) is 12.1 Å². The molecule has 0 bridgehead atoms. The summed E-state index contributed by atoms with van der Waals surface area (Å²) in [4.78, 5) is 0. The number of phenols is 1. The van der Waals surface area contributed by atoms with Gasteiger partial charge in [-0.3, -0.25) is 0 Å². The maximum absolute atomic E-state index is 14.0. The predicted octanol–water partition coefficient (Wildman–Crippen LogP) is 3.76. The molecular formula is C16H17F3O2. The Bertz CT molecular complexity index is 626. The molecule has 0 aromatic heterocycles. The number of aliphatic hydroxyl groups excluding tert-OH is 1. The zero-order valence-corrected chi connectivity index (χ0v) is 11.7. The summed E-state index contributed by atoms with van der Waals surface area (Å²) < 4.78 is 40.9. The first kappa shape index (κ1) is 14.4. The van der Waals surface area contributed by atoms with Crippen LogP contribution >= 0.6 is 0 Å². The van der Waals surface area contributed by atoms with E-state index in [-0.39, 0.29) is 16.9 Å². The molecule has 0 heterocycles. The molecule has 0 radical (unpaired) electrons. The van der Waals surface area contributed by atoms with E-state index >= 15 is 0 Å². The van der Waals surface area contributed by atoms with Gasteiger partial charge in [0, 0.05) is 11.0 Å². The number of halogens is 3. The third-order valence-corrected chi connectivity index (χ3v) is 5.22. The summed E-state index contributed by atoms with van der Waals surface area (Å²) >= 11 is 0. The largest absolute Gasteiger partial charge is 0.503 e. The molecule has 1 aromatic carbocycles. The van der Waals surface area contributed by atoms with Crippen molar-refractivity contribution in [2.75, 3.05) is 0 Å². The lowest BCUT2D eigenvalue weighted by Gasteiger charge is -2.38. The molecule has 1 aromatic rings. The molecule has 2 aliphatic carbocycles. The third kappa shape index (κ3) is 2.06. The molecule has 5 heteroatoms. The lowest BCUT2D eigenvalue weighted by atomic mass is 9.68. The van der Waals surface area contributed by atoms with Crippen LogP contribution in [0.1, 0.15) is 38.2 Å². The van der Waals surface area contributed by atoms with E-state index in [0.717, 1.165) is 12.5 Å². The van der Waals surface area contributed by atoms with Crippen LogP contribution in [0, 0.1) is 28.8 Å². The van der Waals surface area contributed by atoms with Gasteiger partial charge in [-0.1, -0.05) is 13.0 Å². The number of hydrogen-bond acceptors (Lipinski definition) is 2. The van der Waals surface area contributed by atoms with Crippen molar-refractivity contribution in [3.8, 4) is 5.75 Å². The monoisotopic (exact) mass is 298 g/mol. The van der Waals surface area contributed by atoms with Crippen LogP contribution in [0.25, 0.3) is 5.57 Å². The fraction of sp³-hybridized carbons (Fsp3) is 0.500. The van der Waals surface area contributed by atoms with E-state index in [9.17, 15) is 18.3 Å². The van der Waals surface area contributed by atoms with Crippen LogP contribution in [0.4, 0.5) is 13.2 Å². The van der Waals surface area contributed by atoms with Gasteiger partial charge in [-0.2, -0.15) is 4.39 Å². The number of aliphatic hydroxyl groups is 1. The molecule has 0 saturated heterocycles. The smallest absolute Gasteiger partial charge is 0.204 e. The third-order valence-electron chi connectivity index (χ3n) is 5.22. The Morgan fingerprint density at radius 2 is 1.90 bits per heavy atom. The van der Waals surface area contributed by atoms with E-state index in [0.29, 0.717) is 24.8 Å². The normalized spacial score (nSPS) is 32.0. The van der Waals surface area contributed by atoms with Crippen LogP contribution in [0.2, 0.25) is 0 Å². The average molecular weight is 298 g/mol. The fourth-order valence-electron chi connectivity index (χ4n) is 3.66. The first-order valence-electron chi connectivity index (χ1n) is 7.08. The maximum atomic E-state index is 14.0. The summed E-state index contributed by atoms with van der Waals surface area (Å²) in [7, 11) is 0. The fourth-order valence-corrected chi connectivity index (χ4v) is 3.66. The highest BCUT2D eigenvalue weighted by molar-refractivity contribution is 5.68. The molecular weight excluding hydrogens is 281 g/mol. The number of allylic oxidation sites excluding steroid dienone is 2. The van der Waals surface area contributed by atoms with E-state index in [1.165, 1.54) is 0 Å². The minimum atomic E-state index is -1.55. The predicted molar refractivity (Wildman–Crippen MR) is 72.0 cm³/mol. The van der Waals surface area contributed by atoms with E-state index in [1.807, 2.05) is 6.92 Å². The van der Waals surface area contributed by atoms with Gasteiger partial charge in [0.1, 0.15) is 0 Å². The quantitative estimate of drug-likeness (QED) is 0.775. The van der Waals surface area contributed by atoms with Crippen molar-refractivity contribution in [1.29, 1.82) is 0 Å². The van der Waals surface area contributed by atoms with Gasteiger partial charge in [0.05, 0.1) is 6.10 Å². The van der Waals surface area contributed by atoms with Crippen LogP contribution < -0.4 is 0 Å². The molecule has 0 amide bonds. The number of benzene rings is 1. The molecule has 2 nitrogen and oxygen atoms in total. The molecule has 1 unspecified atom stereocenters. The second kappa shape index (κ2) is 4.77. The average Bonchev–Trinajstić information content (AvgIpc) is 2.76. The Hall–Kier alpha value is -1.49. The zero-order chi connectivity index (χ0) is 15.4. The molecule has 1 fully saturated rings. The molecule has 0 spiro atoms. The van der Waals surface area contributed by atoms with Gasteiger partial charge in [-0.25, -0.2) is 8.78 Å². The lowest BCUT2D eigenvalue weighted by molar-refractivity contribution is 0.0400. The van der Waals surface area contributed by atoms with Gasteiger partial charge >= 0.3 is 0 Å². The minimum absolute atomic E-state index is 0.133. The number of fused-ring (bicyclic) bond motifs is 1. The van der Waals surface area contributed by atoms with Gasteiger partial charge in [0.25, 0.3) is 0 Å². The highest BCUT2D eigenvalue weighted by Gasteiger charge is 2.47. The van der Waals surface area contributed by atoms with Gasteiger partial charge in [0.2, 0.25) is 5.82 Å². The summed E-state index contributed by atoms with van der Waals surface area (Å²) in [6.45, 7) is 2.00. The van der Waals surface area contributed by atoms with E-state index < -0.39 is 29.3 Å². The van der Waals surface area contributed by atoms with Crippen molar-refractivity contribution < 1.29 is 23.4 Å². The van der Waals surface area contributed by atoms with Crippen molar-refractivity contribution >= 4 is 5.57 Å². The minimum Gasteiger partial charge on any atom is -0.503 e. The van der Waals surface area contributed by atoms with Gasteiger partial charge in [0.15, 0.2) is 17.4 Å². The topological polar surface area (TPSA) is 40.5 Å². The molecule has 3 atom stereocenters. The van der Waals surface area contributed by atoms with Crippen LogP contribution in [0.3, 0.4) is 0 Å². The van der Waals surface area contributed by atoms with Crippen molar-refractivity contribution in [2.24, 2.45) is 11.3 Å². The zero-order valence-electron chi connectivity index (χ0n) is 11.7. The highest BCUT2D eigenvalue weighted by Crippen LogP contribution is 2.53. The van der Waals surface area contributed by atoms with Crippen LogP contribution in [-0.4, -0.2) is 16.3 Å². The molecule has 3 rings (SSSR count). The van der Waals surface area contributed by atoms with E-state index in [1.54, 1.807) is 6.08 Å². The second-order valence-electron chi connectivity index (χ2n) is 6.32. The van der Waals surface area contributed by atoms with Crippen molar-refractivity contribution in [3.63, 3.8) is 0 Å². The molecule has 0 aliphatic heterocycles. The summed E-state index contributed by atoms with van der Waals surface area (Å²) in [6.07, 6.45) is 3.91. The van der Waals surface area contributed by atoms with Gasteiger partial charge in [-0.15, -0.1) is 0 Å². The van der Waals surface area contributed by atoms with Crippen LogP contribution in [0.5, 0.6) is 5.75 Å². The Balaban J connectivity index is 2.00. The van der Waals surface area contributed by atoms with Crippen molar-refractivity contribution in [2.45, 2.75) is 38.7 Å². The first-order chi connectivity index (χ1) is 9.84. The first-order valence-corrected chi connectivity index (χ1v) is 7.08. The summed E-state index contributed by atoms with van der Waals surface area (Å²) in [5.74, 6) is -5.04. The SMILES string of the molecule is C[C@]12CC=C(c3cc(F)c(O)c(F)c3F)CC1CC[C@@H]2O. The summed E-state index contributed by atoms with van der Waals surface area (Å²) in [5, 5.41) is 19.2. The van der Waals surface area contributed by atoms with E-state index in [2.05, 4.69) is 0 Å². The molecule has 2 aliphatic rings. The number of hydrogen-bond donors (Lipinski definition) is 2. The Kier molecular flexibility index (Phi) is 3.28. The summed E-state index contributed by atoms with van der Waals surface area (Å²) in [6, 6.07) is 0.841. The Labute approximate surface area is 120 Å². The maximum Gasteiger partial charge on any atom is 0.204 e. The number of rotatable bonds is 1. The summed E-state index contributed by atoms with van der Waals surface area (Å²) in [5.41, 5.74) is 0.168. The molecule has 21 heavy (non-hydrogen) atoms. The molecule has 114 valence electrons. The van der Waals surface area contributed by atoms with Crippen molar-refractivity contribution in [3.05, 3.63) is 35.2 Å². The second-order valence-corrected chi connectivity index (χ2v) is 6.32. The van der Waals surface area contributed by atoms with Gasteiger partial charge < -0.3 is 10.2 Å². The van der Waals surface area contributed by atoms with Crippen LogP contribution in [-0.2, 0) is 0 Å². The van der Waals surface area contributed by atoms with Gasteiger partial charge in [-0.05, 0) is 43.2 Å². The molecule has 2 N–H and O–H groups in total. The number of phenolic OH excluding ortho intramolecular Hbond substituents is 1. The standard InChI is InChI=1S/C16H17F3O2/c1-16-5-4-8(6-9(16)2-3-12(16)20)10-7-11(17)15(21)14(19)13(10)18/h4,7,9,12,20-21H,2-3,5-6H2,1H3/t9?,12-,16-/m0/s1.